The van der Waals surface area contributed by atoms with Crippen LogP contribution < -0.4 is 15.5 Å². The molecule has 0 aliphatic carbocycles. The third-order valence-electron chi connectivity index (χ3n) is 4.88. The highest BCUT2D eigenvalue weighted by molar-refractivity contribution is 8.00. The normalized spacial score (nSPS) is 14.6. The van der Waals surface area contributed by atoms with Gasteiger partial charge in [0.2, 0.25) is 17.8 Å². The Kier molecular flexibility index (Phi) is 7.52. The van der Waals surface area contributed by atoms with E-state index in [1.165, 1.54) is 11.8 Å². The van der Waals surface area contributed by atoms with Gasteiger partial charge < -0.3 is 20.3 Å². The summed E-state index contributed by atoms with van der Waals surface area (Å²) in [7, 11) is 0. The molecule has 8 nitrogen and oxygen atoms in total. The summed E-state index contributed by atoms with van der Waals surface area (Å²) in [5.41, 5.74) is 1.89. The van der Waals surface area contributed by atoms with E-state index in [4.69, 9.17) is 4.74 Å². The maximum absolute atomic E-state index is 12.7. The van der Waals surface area contributed by atoms with E-state index in [1.807, 2.05) is 67.6 Å². The molecule has 1 saturated heterocycles. The number of ether oxygens (including phenoxy) is 1. The fraction of sp³-hybridized carbons (Fsp3) is 0.304. The molecule has 9 heteroatoms. The molecule has 1 fully saturated rings. The number of rotatable bonds is 8. The fourth-order valence-electron chi connectivity index (χ4n) is 3.14. The zero-order valence-electron chi connectivity index (χ0n) is 17.9. The number of para-hydroxylation sites is 1. The fourth-order valence-corrected chi connectivity index (χ4v) is 3.89. The van der Waals surface area contributed by atoms with Crippen LogP contribution in [0.25, 0.3) is 0 Å². The largest absolute Gasteiger partial charge is 0.378 e. The van der Waals surface area contributed by atoms with Gasteiger partial charge in [-0.3, -0.25) is 4.79 Å². The first-order valence-electron chi connectivity index (χ1n) is 10.6. The van der Waals surface area contributed by atoms with Crippen molar-refractivity contribution in [3.8, 4) is 0 Å². The number of aromatic nitrogens is 3. The molecular formula is C23H26N6O2S. The molecule has 166 valence electrons. The molecule has 2 N–H and O–H groups in total. The topological polar surface area (TPSA) is 92.3 Å². The van der Waals surface area contributed by atoms with Crippen LogP contribution in [0.1, 0.15) is 12.5 Å². The summed E-state index contributed by atoms with van der Waals surface area (Å²) in [6, 6.07) is 19.5. The number of carbonyl (C=O) groups is 1. The maximum atomic E-state index is 12.7. The second-order valence-corrected chi connectivity index (χ2v) is 8.60. The Labute approximate surface area is 191 Å². The summed E-state index contributed by atoms with van der Waals surface area (Å²) >= 11 is 1.31. The number of benzene rings is 2. The molecule has 0 saturated carbocycles. The predicted molar refractivity (Wildman–Crippen MR) is 127 cm³/mol. The van der Waals surface area contributed by atoms with Gasteiger partial charge in [-0.15, -0.1) is 0 Å². The Balaban J connectivity index is 1.49. The number of thioether (sulfide) groups is 1. The molecule has 1 aromatic heterocycles. The van der Waals surface area contributed by atoms with E-state index in [9.17, 15) is 4.79 Å². The Morgan fingerprint density at radius 3 is 2.44 bits per heavy atom. The summed E-state index contributed by atoms with van der Waals surface area (Å²) in [6.07, 6.45) is 0. The minimum Gasteiger partial charge on any atom is -0.378 e. The first-order chi connectivity index (χ1) is 15.7. The number of nitrogens with zero attached hydrogens (tertiary/aromatic N) is 4. The van der Waals surface area contributed by atoms with Gasteiger partial charge in [-0.1, -0.05) is 60.3 Å². The molecule has 0 radical (unpaired) electrons. The van der Waals surface area contributed by atoms with E-state index in [0.29, 0.717) is 36.8 Å². The minimum absolute atomic E-state index is 0.103. The summed E-state index contributed by atoms with van der Waals surface area (Å²) in [6.45, 7) is 5.15. The van der Waals surface area contributed by atoms with Gasteiger partial charge in [0.15, 0.2) is 5.16 Å². The molecule has 1 aliphatic heterocycles. The van der Waals surface area contributed by atoms with Crippen molar-refractivity contribution in [2.75, 3.05) is 41.8 Å². The standard InChI is InChI=1S/C23H26N6O2S/c1-17(20(30)25-19-10-6-3-7-11-19)32-23-27-21(24-16-18-8-4-2-5-9-18)26-22(28-23)29-12-14-31-15-13-29/h2-11,17H,12-16H2,1H3,(H,25,30)(H,24,26,27,28)/t17-/m0/s1. The smallest absolute Gasteiger partial charge is 0.237 e. The van der Waals surface area contributed by atoms with Crippen LogP contribution in [-0.2, 0) is 16.1 Å². The Hall–Kier alpha value is -3.17. The van der Waals surface area contributed by atoms with Crippen LogP contribution in [0.15, 0.2) is 65.8 Å². The van der Waals surface area contributed by atoms with Gasteiger partial charge in [0.05, 0.1) is 18.5 Å². The lowest BCUT2D eigenvalue weighted by Crippen LogP contribution is -2.37. The Bertz CT molecular complexity index is 1020. The first kappa shape index (κ1) is 22.0. The van der Waals surface area contributed by atoms with Gasteiger partial charge in [0.25, 0.3) is 0 Å². The Morgan fingerprint density at radius 1 is 1.03 bits per heavy atom. The van der Waals surface area contributed by atoms with E-state index in [0.717, 1.165) is 24.3 Å². The summed E-state index contributed by atoms with van der Waals surface area (Å²) in [4.78, 5) is 28.5. The third-order valence-corrected chi connectivity index (χ3v) is 5.84. The van der Waals surface area contributed by atoms with E-state index in [-0.39, 0.29) is 11.2 Å². The highest BCUT2D eigenvalue weighted by atomic mass is 32.2. The molecule has 0 unspecified atom stereocenters. The molecule has 3 aromatic rings. The zero-order chi connectivity index (χ0) is 22.2. The van der Waals surface area contributed by atoms with E-state index >= 15 is 0 Å². The van der Waals surface area contributed by atoms with Gasteiger partial charge in [-0.2, -0.15) is 15.0 Å². The van der Waals surface area contributed by atoms with Gasteiger partial charge in [-0.25, -0.2) is 0 Å². The number of carbonyl (C=O) groups excluding carboxylic acids is 1. The molecule has 1 atom stereocenters. The zero-order valence-corrected chi connectivity index (χ0v) is 18.7. The van der Waals surface area contributed by atoms with Crippen LogP contribution in [0.2, 0.25) is 0 Å². The SMILES string of the molecule is C[C@H](Sc1nc(NCc2ccccc2)nc(N2CCOCC2)n1)C(=O)Nc1ccccc1. The van der Waals surface area contributed by atoms with E-state index in [2.05, 4.69) is 30.5 Å². The van der Waals surface area contributed by atoms with Crippen LogP contribution in [0.5, 0.6) is 0 Å². The second kappa shape index (κ2) is 10.9. The molecule has 0 spiro atoms. The molecular weight excluding hydrogens is 424 g/mol. The number of amides is 1. The van der Waals surface area contributed by atoms with Crippen LogP contribution in [0.3, 0.4) is 0 Å². The van der Waals surface area contributed by atoms with Gasteiger partial charge in [0.1, 0.15) is 0 Å². The van der Waals surface area contributed by atoms with Crippen molar-refractivity contribution in [1.29, 1.82) is 0 Å². The van der Waals surface area contributed by atoms with E-state index < -0.39 is 0 Å². The van der Waals surface area contributed by atoms with Crippen molar-refractivity contribution in [3.63, 3.8) is 0 Å². The minimum atomic E-state index is -0.378. The predicted octanol–water partition coefficient (Wildman–Crippen LogP) is 3.44. The average Bonchev–Trinajstić information content (AvgIpc) is 2.84. The first-order valence-corrected chi connectivity index (χ1v) is 11.4. The molecule has 1 amide bonds. The van der Waals surface area contributed by atoms with Crippen molar-refractivity contribution in [1.82, 2.24) is 15.0 Å². The molecule has 4 rings (SSSR count). The lowest BCUT2D eigenvalue weighted by Gasteiger charge is -2.27. The van der Waals surface area contributed by atoms with Crippen LogP contribution in [-0.4, -0.2) is 52.4 Å². The number of hydrogen-bond acceptors (Lipinski definition) is 8. The lowest BCUT2D eigenvalue weighted by molar-refractivity contribution is -0.115. The quantitative estimate of drug-likeness (QED) is 0.504. The average molecular weight is 451 g/mol. The highest BCUT2D eigenvalue weighted by Crippen LogP contribution is 2.24. The number of morpholine rings is 1. The number of nitrogens with one attached hydrogen (secondary N) is 2. The lowest BCUT2D eigenvalue weighted by atomic mass is 10.2. The van der Waals surface area contributed by atoms with Crippen LogP contribution in [0.4, 0.5) is 17.6 Å². The molecule has 1 aliphatic rings. The second-order valence-electron chi connectivity index (χ2n) is 7.30. The summed E-state index contributed by atoms with van der Waals surface area (Å²) in [5.74, 6) is 0.980. The van der Waals surface area contributed by atoms with Crippen molar-refractivity contribution < 1.29 is 9.53 Å². The number of hydrogen-bond donors (Lipinski definition) is 2. The molecule has 0 bridgehead atoms. The van der Waals surface area contributed by atoms with Gasteiger partial charge >= 0.3 is 0 Å². The summed E-state index contributed by atoms with van der Waals surface area (Å²) in [5, 5.41) is 6.35. The van der Waals surface area contributed by atoms with Crippen molar-refractivity contribution in [3.05, 3.63) is 66.2 Å². The van der Waals surface area contributed by atoms with Crippen molar-refractivity contribution >= 4 is 35.3 Å². The third kappa shape index (κ3) is 6.18. The molecule has 2 heterocycles. The Morgan fingerprint density at radius 2 is 1.72 bits per heavy atom. The van der Waals surface area contributed by atoms with Gasteiger partial charge in [0, 0.05) is 25.3 Å². The van der Waals surface area contributed by atoms with Crippen LogP contribution in [0, 0.1) is 0 Å². The summed E-state index contributed by atoms with van der Waals surface area (Å²) < 4.78 is 5.45. The maximum Gasteiger partial charge on any atom is 0.237 e. The monoisotopic (exact) mass is 450 g/mol. The number of anilines is 3. The highest BCUT2D eigenvalue weighted by Gasteiger charge is 2.20. The molecule has 32 heavy (non-hydrogen) atoms. The molecule has 2 aromatic carbocycles. The van der Waals surface area contributed by atoms with Crippen molar-refractivity contribution in [2.24, 2.45) is 0 Å². The van der Waals surface area contributed by atoms with Gasteiger partial charge in [-0.05, 0) is 24.6 Å². The van der Waals surface area contributed by atoms with E-state index in [1.54, 1.807) is 0 Å². The van der Waals surface area contributed by atoms with Crippen LogP contribution >= 0.6 is 11.8 Å². The van der Waals surface area contributed by atoms with Crippen molar-refractivity contribution in [2.45, 2.75) is 23.9 Å².